The second-order valence-electron chi connectivity index (χ2n) is 3.44. The van der Waals surface area contributed by atoms with E-state index in [0.29, 0.717) is 0 Å². The Morgan fingerprint density at radius 3 is 2.69 bits per heavy atom. The molecule has 0 radical (unpaired) electrons. The van der Waals surface area contributed by atoms with E-state index in [1.165, 1.54) is 31.7 Å². The molecule has 0 atom stereocenters. The second kappa shape index (κ2) is 5.74. The average molecular weight is 180 g/mol. The third-order valence-electron chi connectivity index (χ3n) is 2.21. The van der Waals surface area contributed by atoms with Crippen LogP contribution in [-0.4, -0.2) is 0 Å². The molecule has 0 aromatic heterocycles. The monoisotopic (exact) mass is 180 g/mol. The summed E-state index contributed by atoms with van der Waals surface area (Å²) in [5.74, 6) is -0.118. The van der Waals surface area contributed by atoms with Crippen LogP contribution in [0.3, 0.4) is 0 Å². The van der Waals surface area contributed by atoms with E-state index in [1.807, 2.05) is 6.07 Å². The minimum atomic E-state index is -0.118. The number of benzene rings is 1. The minimum absolute atomic E-state index is 0.118. The van der Waals surface area contributed by atoms with E-state index < -0.39 is 0 Å². The Morgan fingerprint density at radius 1 is 1.15 bits per heavy atom. The highest BCUT2D eigenvalue weighted by Gasteiger charge is 1.94. The number of aryl methyl sites for hydroxylation is 1. The van der Waals surface area contributed by atoms with E-state index in [0.717, 1.165) is 12.0 Å². The third kappa shape index (κ3) is 4.07. The molecule has 1 aromatic carbocycles. The minimum Gasteiger partial charge on any atom is -0.207 e. The molecule has 13 heavy (non-hydrogen) atoms. The molecular weight excluding hydrogens is 163 g/mol. The van der Waals surface area contributed by atoms with E-state index in [2.05, 4.69) is 6.92 Å². The first-order valence-corrected chi connectivity index (χ1v) is 5.07. The van der Waals surface area contributed by atoms with Crippen LogP contribution in [-0.2, 0) is 6.42 Å². The molecule has 0 unspecified atom stereocenters. The van der Waals surface area contributed by atoms with Crippen molar-refractivity contribution in [1.29, 1.82) is 0 Å². The number of unbranched alkanes of at least 4 members (excludes halogenated alkanes) is 3. The molecule has 72 valence electrons. The Balaban J connectivity index is 2.28. The lowest BCUT2D eigenvalue weighted by Gasteiger charge is -2.00. The van der Waals surface area contributed by atoms with Crippen molar-refractivity contribution >= 4 is 0 Å². The summed E-state index contributed by atoms with van der Waals surface area (Å²) in [6.45, 7) is 2.20. The van der Waals surface area contributed by atoms with Crippen LogP contribution < -0.4 is 0 Å². The van der Waals surface area contributed by atoms with Crippen molar-refractivity contribution in [1.82, 2.24) is 0 Å². The largest absolute Gasteiger partial charge is 0.207 e. The van der Waals surface area contributed by atoms with Crippen molar-refractivity contribution in [3.05, 3.63) is 35.6 Å². The molecular formula is C12H17F. The van der Waals surface area contributed by atoms with Gasteiger partial charge in [0.15, 0.2) is 0 Å². The lowest BCUT2D eigenvalue weighted by molar-refractivity contribution is 0.621. The van der Waals surface area contributed by atoms with Crippen LogP contribution in [0.2, 0.25) is 0 Å². The highest BCUT2D eigenvalue weighted by molar-refractivity contribution is 5.16. The molecule has 0 amide bonds. The van der Waals surface area contributed by atoms with Crippen LogP contribution in [0.1, 0.15) is 38.2 Å². The van der Waals surface area contributed by atoms with Crippen molar-refractivity contribution < 1.29 is 4.39 Å². The van der Waals surface area contributed by atoms with E-state index in [1.54, 1.807) is 12.1 Å². The molecule has 0 aliphatic heterocycles. The van der Waals surface area contributed by atoms with E-state index in [9.17, 15) is 4.39 Å². The summed E-state index contributed by atoms with van der Waals surface area (Å²) in [5.41, 5.74) is 1.12. The van der Waals surface area contributed by atoms with Gasteiger partial charge in [-0.25, -0.2) is 4.39 Å². The standard InChI is InChI=1S/C12H17F/c1-2-3-4-5-7-11-8-6-9-12(13)10-11/h6,8-10H,2-5,7H2,1H3. The lowest BCUT2D eigenvalue weighted by atomic mass is 10.1. The average Bonchev–Trinajstić information content (AvgIpc) is 2.13. The maximum Gasteiger partial charge on any atom is 0.123 e. The number of rotatable bonds is 5. The van der Waals surface area contributed by atoms with Crippen LogP contribution in [0.4, 0.5) is 4.39 Å². The van der Waals surface area contributed by atoms with Crippen LogP contribution in [0.15, 0.2) is 24.3 Å². The zero-order valence-corrected chi connectivity index (χ0v) is 8.22. The van der Waals surface area contributed by atoms with Crippen LogP contribution >= 0.6 is 0 Å². The zero-order chi connectivity index (χ0) is 9.52. The Labute approximate surface area is 79.8 Å². The van der Waals surface area contributed by atoms with Crippen molar-refractivity contribution in [3.63, 3.8) is 0 Å². The number of hydrogen-bond acceptors (Lipinski definition) is 0. The molecule has 0 nitrogen and oxygen atoms in total. The SMILES string of the molecule is CCCCCCc1cccc(F)c1. The molecule has 0 N–H and O–H groups in total. The summed E-state index contributed by atoms with van der Waals surface area (Å²) in [6, 6.07) is 6.90. The van der Waals surface area contributed by atoms with Gasteiger partial charge in [0.05, 0.1) is 0 Å². The van der Waals surface area contributed by atoms with Crippen LogP contribution in [0.5, 0.6) is 0 Å². The topological polar surface area (TPSA) is 0 Å². The highest BCUT2D eigenvalue weighted by Crippen LogP contribution is 2.09. The van der Waals surface area contributed by atoms with Crippen molar-refractivity contribution in [2.24, 2.45) is 0 Å². The van der Waals surface area contributed by atoms with E-state index >= 15 is 0 Å². The smallest absolute Gasteiger partial charge is 0.123 e. The van der Waals surface area contributed by atoms with Gasteiger partial charge in [0, 0.05) is 0 Å². The Kier molecular flexibility index (Phi) is 4.52. The predicted octanol–water partition coefficient (Wildman–Crippen LogP) is 3.95. The van der Waals surface area contributed by atoms with Gasteiger partial charge in [-0.1, -0.05) is 38.3 Å². The van der Waals surface area contributed by atoms with Crippen molar-refractivity contribution in [2.75, 3.05) is 0 Å². The summed E-state index contributed by atoms with van der Waals surface area (Å²) < 4.78 is 12.7. The van der Waals surface area contributed by atoms with Gasteiger partial charge in [-0.05, 0) is 30.5 Å². The first-order chi connectivity index (χ1) is 6.33. The lowest BCUT2D eigenvalue weighted by Crippen LogP contribution is -1.86. The fourth-order valence-electron chi connectivity index (χ4n) is 1.45. The van der Waals surface area contributed by atoms with Gasteiger partial charge in [-0.3, -0.25) is 0 Å². The molecule has 0 bridgehead atoms. The quantitative estimate of drug-likeness (QED) is 0.602. The fraction of sp³-hybridized carbons (Fsp3) is 0.500. The fourth-order valence-corrected chi connectivity index (χ4v) is 1.45. The Hall–Kier alpha value is -0.850. The summed E-state index contributed by atoms with van der Waals surface area (Å²) in [4.78, 5) is 0. The highest BCUT2D eigenvalue weighted by atomic mass is 19.1. The van der Waals surface area contributed by atoms with Gasteiger partial charge in [0.2, 0.25) is 0 Å². The number of hydrogen-bond donors (Lipinski definition) is 0. The van der Waals surface area contributed by atoms with Gasteiger partial charge >= 0.3 is 0 Å². The molecule has 0 saturated heterocycles. The summed E-state index contributed by atoms with van der Waals surface area (Å²) in [6.07, 6.45) is 5.99. The first-order valence-electron chi connectivity index (χ1n) is 5.07. The molecule has 1 rings (SSSR count). The van der Waals surface area contributed by atoms with Gasteiger partial charge < -0.3 is 0 Å². The summed E-state index contributed by atoms with van der Waals surface area (Å²) in [5, 5.41) is 0. The van der Waals surface area contributed by atoms with Crippen LogP contribution in [0.25, 0.3) is 0 Å². The van der Waals surface area contributed by atoms with Crippen LogP contribution in [0, 0.1) is 5.82 Å². The second-order valence-corrected chi connectivity index (χ2v) is 3.44. The molecule has 0 saturated carbocycles. The third-order valence-corrected chi connectivity index (χ3v) is 2.21. The maximum atomic E-state index is 12.7. The normalized spacial score (nSPS) is 10.3. The molecule has 0 spiro atoms. The molecule has 0 aliphatic carbocycles. The van der Waals surface area contributed by atoms with Gasteiger partial charge in [0.1, 0.15) is 5.82 Å². The summed E-state index contributed by atoms with van der Waals surface area (Å²) in [7, 11) is 0. The predicted molar refractivity (Wildman–Crippen MR) is 54.2 cm³/mol. The first kappa shape index (κ1) is 10.2. The van der Waals surface area contributed by atoms with E-state index in [4.69, 9.17) is 0 Å². The molecule has 1 aromatic rings. The van der Waals surface area contributed by atoms with Crippen molar-refractivity contribution in [2.45, 2.75) is 39.0 Å². The zero-order valence-electron chi connectivity index (χ0n) is 8.22. The van der Waals surface area contributed by atoms with Crippen molar-refractivity contribution in [3.8, 4) is 0 Å². The molecule has 0 aliphatic rings. The van der Waals surface area contributed by atoms with Gasteiger partial charge in [-0.2, -0.15) is 0 Å². The van der Waals surface area contributed by atoms with Gasteiger partial charge in [0.25, 0.3) is 0 Å². The molecule has 0 fully saturated rings. The van der Waals surface area contributed by atoms with Gasteiger partial charge in [-0.15, -0.1) is 0 Å². The Morgan fingerprint density at radius 2 is 2.00 bits per heavy atom. The number of halogens is 1. The maximum absolute atomic E-state index is 12.7. The Bertz CT molecular complexity index is 243. The van der Waals surface area contributed by atoms with E-state index in [-0.39, 0.29) is 5.82 Å². The summed E-state index contributed by atoms with van der Waals surface area (Å²) >= 11 is 0. The molecule has 1 heteroatoms. The molecule has 0 heterocycles.